The van der Waals surface area contributed by atoms with E-state index in [4.69, 9.17) is 9.47 Å². The summed E-state index contributed by atoms with van der Waals surface area (Å²) < 4.78 is 10.8. The van der Waals surface area contributed by atoms with E-state index in [1.807, 2.05) is 6.07 Å². The number of hydrogen-bond acceptors (Lipinski definition) is 4. The van der Waals surface area contributed by atoms with E-state index in [0.717, 1.165) is 44.1 Å². The van der Waals surface area contributed by atoms with E-state index in [1.165, 1.54) is 17.6 Å². The van der Waals surface area contributed by atoms with E-state index in [-0.39, 0.29) is 0 Å². The van der Waals surface area contributed by atoms with Crippen LogP contribution in [0.3, 0.4) is 0 Å². The Bertz CT molecular complexity index is 535. The number of hydrogen-bond donors (Lipinski definition) is 1. The maximum absolute atomic E-state index is 5.47. The molecule has 1 saturated heterocycles. The summed E-state index contributed by atoms with van der Waals surface area (Å²) in [6.45, 7) is 4.90. The van der Waals surface area contributed by atoms with Crippen molar-refractivity contribution < 1.29 is 9.47 Å². The number of nitrogens with one attached hydrogen (secondary N) is 1. The van der Waals surface area contributed by atoms with Gasteiger partial charge in [-0.15, -0.1) is 0 Å². The molecule has 0 bridgehead atoms. The Morgan fingerprint density at radius 3 is 2.85 bits per heavy atom. The first kappa shape index (κ1) is 12.2. The molecule has 0 radical (unpaired) electrons. The predicted molar refractivity (Wildman–Crippen MR) is 78.0 cm³/mol. The number of rotatable bonds is 2. The molecule has 1 unspecified atom stereocenters. The van der Waals surface area contributed by atoms with Crippen LogP contribution in [0.1, 0.15) is 18.4 Å². The van der Waals surface area contributed by atoms with Crippen LogP contribution < -0.4 is 14.8 Å². The van der Waals surface area contributed by atoms with Crippen LogP contribution in [0.15, 0.2) is 24.3 Å². The highest BCUT2D eigenvalue weighted by Gasteiger charge is 2.25. The van der Waals surface area contributed by atoms with Gasteiger partial charge in [-0.05, 0) is 36.1 Å². The van der Waals surface area contributed by atoms with Crippen LogP contribution >= 0.6 is 0 Å². The molecule has 1 aliphatic carbocycles. The largest absolute Gasteiger partial charge is 0.454 e. The lowest BCUT2D eigenvalue weighted by atomic mass is 10.1. The lowest BCUT2D eigenvalue weighted by molar-refractivity contribution is 0.174. The molecular formula is C16H20N2O2. The zero-order chi connectivity index (χ0) is 13.4. The fraction of sp³-hybridized carbons (Fsp3) is 0.500. The smallest absolute Gasteiger partial charge is 0.231 e. The predicted octanol–water partition coefficient (Wildman–Crippen LogP) is 1.87. The van der Waals surface area contributed by atoms with Crippen molar-refractivity contribution in [3.05, 3.63) is 29.8 Å². The minimum atomic E-state index is 0.348. The van der Waals surface area contributed by atoms with Crippen molar-refractivity contribution in [2.75, 3.05) is 33.0 Å². The van der Waals surface area contributed by atoms with Crippen LogP contribution in [0.25, 0.3) is 5.57 Å². The van der Waals surface area contributed by atoms with Crippen LogP contribution in [0.4, 0.5) is 0 Å². The molecule has 4 rings (SSSR count). The van der Waals surface area contributed by atoms with Crippen molar-refractivity contribution in [2.45, 2.75) is 18.9 Å². The summed E-state index contributed by atoms with van der Waals surface area (Å²) in [6.07, 6.45) is 4.85. The van der Waals surface area contributed by atoms with Gasteiger partial charge in [-0.2, -0.15) is 0 Å². The van der Waals surface area contributed by atoms with E-state index >= 15 is 0 Å². The second-order valence-electron chi connectivity index (χ2n) is 5.65. The van der Waals surface area contributed by atoms with Crippen LogP contribution in [0.2, 0.25) is 0 Å². The monoisotopic (exact) mass is 272 g/mol. The van der Waals surface area contributed by atoms with E-state index in [1.54, 1.807) is 0 Å². The summed E-state index contributed by atoms with van der Waals surface area (Å²) in [6, 6.07) is 6.90. The highest BCUT2D eigenvalue weighted by molar-refractivity contribution is 5.70. The lowest BCUT2D eigenvalue weighted by Crippen LogP contribution is -2.47. The number of benzene rings is 1. The quantitative estimate of drug-likeness (QED) is 0.891. The average Bonchev–Trinajstić information content (AvgIpc) is 3.16. The van der Waals surface area contributed by atoms with Gasteiger partial charge in [0, 0.05) is 32.2 Å². The van der Waals surface area contributed by atoms with Gasteiger partial charge < -0.3 is 14.8 Å². The van der Waals surface area contributed by atoms with Gasteiger partial charge in [0.2, 0.25) is 6.79 Å². The fourth-order valence-corrected chi connectivity index (χ4v) is 3.34. The maximum Gasteiger partial charge on any atom is 0.231 e. The third-order valence-corrected chi connectivity index (χ3v) is 4.47. The normalized spacial score (nSPS) is 25.8. The van der Waals surface area contributed by atoms with Crippen molar-refractivity contribution >= 4 is 5.57 Å². The molecule has 1 atom stereocenters. The third-order valence-electron chi connectivity index (χ3n) is 4.47. The Balaban J connectivity index is 1.54. The summed E-state index contributed by atoms with van der Waals surface area (Å²) in [5.41, 5.74) is 2.73. The standard InChI is InChI=1S/C16H20N2O2/c1-3-14(18-7-5-17-6-8-18)9-12(1)13-2-4-15-16(10-13)20-11-19-15/h2,4,9-10,14,17H,1,3,5-8,11H2. The van der Waals surface area contributed by atoms with Crippen molar-refractivity contribution in [2.24, 2.45) is 0 Å². The van der Waals surface area contributed by atoms with Gasteiger partial charge >= 0.3 is 0 Å². The molecule has 20 heavy (non-hydrogen) atoms. The van der Waals surface area contributed by atoms with Crippen molar-refractivity contribution in [1.29, 1.82) is 0 Å². The molecule has 0 aromatic heterocycles. The first-order chi connectivity index (χ1) is 9.90. The summed E-state index contributed by atoms with van der Waals surface area (Å²) in [5.74, 6) is 1.75. The van der Waals surface area contributed by atoms with E-state index in [9.17, 15) is 0 Å². The Morgan fingerprint density at radius 1 is 1.10 bits per heavy atom. The molecule has 0 spiro atoms. The fourth-order valence-electron chi connectivity index (χ4n) is 3.34. The second kappa shape index (κ2) is 5.11. The number of piperazine rings is 1. The minimum Gasteiger partial charge on any atom is -0.454 e. The number of allylic oxidation sites excluding steroid dienone is 1. The van der Waals surface area contributed by atoms with Gasteiger partial charge in [0.05, 0.1) is 0 Å². The van der Waals surface area contributed by atoms with Gasteiger partial charge in [-0.3, -0.25) is 4.90 Å². The van der Waals surface area contributed by atoms with Gasteiger partial charge in [-0.25, -0.2) is 0 Å². The first-order valence-corrected chi connectivity index (χ1v) is 7.46. The molecule has 2 aliphatic heterocycles. The molecule has 4 heteroatoms. The van der Waals surface area contributed by atoms with Crippen LogP contribution in [-0.4, -0.2) is 43.9 Å². The summed E-state index contributed by atoms with van der Waals surface area (Å²) in [5, 5.41) is 3.42. The van der Waals surface area contributed by atoms with E-state index in [0.29, 0.717) is 12.8 Å². The Hall–Kier alpha value is -1.52. The number of nitrogens with zero attached hydrogens (tertiary/aromatic N) is 1. The Kier molecular flexibility index (Phi) is 3.13. The molecule has 1 aromatic carbocycles. The highest BCUT2D eigenvalue weighted by Crippen LogP contribution is 2.37. The molecule has 1 fully saturated rings. The molecule has 106 valence electrons. The van der Waals surface area contributed by atoms with E-state index in [2.05, 4.69) is 28.4 Å². The Morgan fingerprint density at radius 2 is 1.95 bits per heavy atom. The van der Waals surface area contributed by atoms with Gasteiger partial charge in [0.15, 0.2) is 11.5 Å². The maximum atomic E-state index is 5.47. The zero-order valence-electron chi connectivity index (χ0n) is 11.6. The topological polar surface area (TPSA) is 33.7 Å². The molecule has 0 saturated carbocycles. The summed E-state index contributed by atoms with van der Waals surface area (Å²) in [4.78, 5) is 2.59. The third kappa shape index (κ3) is 2.19. The molecule has 2 heterocycles. The van der Waals surface area contributed by atoms with Crippen molar-refractivity contribution in [3.8, 4) is 11.5 Å². The van der Waals surface area contributed by atoms with Crippen LogP contribution in [0.5, 0.6) is 11.5 Å². The highest BCUT2D eigenvalue weighted by atomic mass is 16.7. The molecule has 0 amide bonds. The van der Waals surface area contributed by atoms with Gasteiger partial charge in [0.1, 0.15) is 0 Å². The molecule has 1 aromatic rings. The van der Waals surface area contributed by atoms with Crippen molar-refractivity contribution in [3.63, 3.8) is 0 Å². The first-order valence-electron chi connectivity index (χ1n) is 7.46. The average molecular weight is 272 g/mol. The molecular weight excluding hydrogens is 252 g/mol. The lowest BCUT2D eigenvalue weighted by Gasteiger charge is -2.31. The van der Waals surface area contributed by atoms with E-state index < -0.39 is 0 Å². The minimum absolute atomic E-state index is 0.348. The Labute approximate surface area is 119 Å². The summed E-state index contributed by atoms with van der Waals surface area (Å²) in [7, 11) is 0. The van der Waals surface area contributed by atoms with Crippen molar-refractivity contribution in [1.82, 2.24) is 10.2 Å². The molecule has 3 aliphatic rings. The number of fused-ring (bicyclic) bond motifs is 1. The SMILES string of the molecule is C1=C(c2ccc3c(c2)OCO3)CCC1N1CCNCC1. The second-order valence-corrected chi connectivity index (χ2v) is 5.65. The molecule has 1 N–H and O–H groups in total. The van der Waals surface area contributed by atoms with Gasteiger partial charge in [0.25, 0.3) is 0 Å². The summed E-state index contributed by atoms with van der Waals surface area (Å²) >= 11 is 0. The van der Waals surface area contributed by atoms with Crippen LogP contribution in [0, 0.1) is 0 Å². The van der Waals surface area contributed by atoms with Gasteiger partial charge in [-0.1, -0.05) is 12.1 Å². The van der Waals surface area contributed by atoms with Crippen LogP contribution in [-0.2, 0) is 0 Å². The zero-order valence-corrected chi connectivity index (χ0v) is 11.6. The number of ether oxygens (including phenoxy) is 2. The molecule has 4 nitrogen and oxygen atoms in total.